The second-order valence-corrected chi connectivity index (χ2v) is 7.64. The quantitative estimate of drug-likeness (QED) is 0.781. The number of amides is 2. The molecular weight excluding hydrogens is 264 g/mol. The van der Waals surface area contributed by atoms with E-state index in [1.807, 2.05) is 9.80 Å². The van der Waals surface area contributed by atoms with Crippen molar-refractivity contribution < 1.29 is 9.59 Å². The maximum atomic E-state index is 12.8. The lowest BCUT2D eigenvalue weighted by molar-refractivity contribution is -0.161. The molecule has 4 aliphatic rings. The van der Waals surface area contributed by atoms with E-state index in [-0.39, 0.29) is 23.9 Å². The summed E-state index contributed by atoms with van der Waals surface area (Å²) in [7, 11) is 0. The minimum Gasteiger partial charge on any atom is -0.329 e. The lowest BCUT2D eigenvalue weighted by Gasteiger charge is -2.46. The first-order valence-electron chi connectivity index (χ1n) is 8.75. The molecule has 4 heteroatoms. The van der Waals surface area contributed by atoms with E-state index in [0.29, 0.717) is 12.5 Å². The molecule has 0 radical (unpaired) electrons. The second kappa shape index (κ2) is 4.99. The third-order valence-electron chi connectivity index (χ3n) is 6.60. The molecule has 5 atom stereocenters. The Morgan fingerprint density at radius 3 is 2.67 bits per heavy atom. The van der Waals surface area contributed by atoms with Gasteiger partial charge < -0.3 is 9.80 Å². The van der Waals surface area contributed by atoms with E-state index in [4.69, 9.17) is 0 Å². The molecule has 2 aliphatic heterocycles. The van der Waals surface area contributed by atoms with Gasteiger partial charge in [-0.1, -0.05) is 6.42 Å². The van der Waals surface area contributed by atoms with Gasteiger partial charge in [0.25, 0.3) is 0 Å². The van der Waals surface area contributed by atoms with Gasteiger partial charge in [-0.3, -0.25) is 9.59 Å². The van der Waals surface area contributed by atoms with Crippen molar-refractivity contribution in [3.8, 4) is 0 Å². The number of fused-ring (bicyclic) bond motifs is 3. The summed E-state index contributed by atoms with van der Waals surface area (Å²) in [6.45, 7) is 3.30. The van der Waals surface area contributed by atoms with Gasteiger partial charge in [0.1, 0.15) is 12.6 Å². The molecule has 21 heavy (non-hydrogen) atoms. The number of hydrogen-bond donors (Lipinski definition) is 0. The smallest absolute Gasteiger partial charge is 0.246 e. The van der Waals surface area contributed by atoms with Crippen molar-refractivity contribution in [2.24, 2.45) is 17.8 Å². The van der Waals surface area contributed by atoms with Gasteiger partial charge in [0, 0.05) is 12.6 Å². The van der Waals surface area contributed by atoms with Gasteiger partial charge in [0.05, 0.1) is 0 Å². The Kier molecular flexibility index (Phi) is 3.23. The van der Waals surface area contributed by atoms with E-state index in [2.05, 4.69) is 6.92 Å². The van der Waals surface area contributed by atoms with Gasteiger partial charge in [-0.25, -0.2) is 0 Å². The number of carbonyl (C=O) groups excluding carboxylic acids is 2. The van der Waals surface area contributed by atoms with Crippen molar-refractivity contribution in [1.29, 1.82) is 0 Å². The van der Waals surface area contributed by atoms with Crippen LogP contribution in [0.1, 0.15) is 51.9 Å². The minimum atomic E-state index is -0.152. The Labute approximate surface area is 126 Å². The summed E-state index contributed by atoms with van der Waals surface area (Å²) >= 11 is 0. The molecule has 2 saturated carbocycles. The minimum absolute atomic E-state index is 0.152. The molecular formula is C17H26N2O2. The summed E-state index contributed by atoms with van der Waals surface area (Å²) in [5.74, 6) is 2.73. The van der Waals surface area contributed by atoms with E-state index in [9.17, 15) is 9.59 Å². The van der Waals surface area contributed by atoms with Crippen LogP contribution in [0, 0.1) is 17.8 Å². The van der Waals surface area contributed by atoms with Crippen LogP contribution in [0.3, 0.4) is 0 Å². The van der Waals surface area contributed by atoms with E-state index >= 15 is 0 Å². The average Bonchev–Trinajstić information content (AvgIpc) is 3.13. The molecule has 0 aromatic rings. The predicted octanol–water partition coefficient (Wildman–Crippen LogP) is 2.03. The van der Waals surface area contributed by atoms with Crippen molar-refractivity contribution in [2.45, 2.75) is 64.0 Å². The number of piperazine rings is 1. The number of carbonyl (C=O) groups is 2. The van der Waals surface area contributed by atoms with Crippen molar-refractivity contribution in [1.82, 2.24) is 9.80 Å². The first kappa shape index (κ1) is 13.6. The molecule has 4 rings (SSSR count). The summed E-state index contributed by atoms with van der Waals surface area (Å²) < 4.78 is 0. The number of rotatable bonds is 2. The standard InChI is InChI=1S/C17H26N2O2/c1-11(14-9-12-5-6-13(14)8-12)19-10-16(20)18-7-3-2-4-15(18)17(19)21/h11-15H,2-10H2,1H3. The maximum Gasteiger partial charge on any atom is 0.246 e. The highest BCUT2D eigenvalue weighted by Gasteiger charge is 2.48. The van der Waals surface area contributed by atoms with Crippen molar-refractivity contribution in [3.63, 3.8) is 0 Å². The van der Waals surface area contributed by atoms with Crippen molar-refractivity contribution in [2.75, 3.05) is 13.1 Å². The van der Waals surface area contributed by atoms with Crippen molar-refractivity contribution in [3.05, 3.63) is 0 Å². The van der Waals surface area contributed by atoms with Crippen LogP contribution < -0.4 is 0 Å². The normalized spacial score (nSPS) is 40.6. The van der Waals surface area contributed by atoms with Crippen LogP contribution >= 0.6 is 0 Å². The van der Waals surface area contributed by atoms with E-state index in [1.54, 1.807) is 0 Å². The molecule has 4 nitrogen and oxygen atoms in total. The van der Waals surface area contributed by atoms with Gasteiger partial charge in [0.2, 0.25) is 11.8 Å². The fourth-order valence-electron chi connectivity index (χ4n) is 5.45. The summed E-state index contributed by atoms with van der Waals surface area (Å²) in [4.78, 5) is 29.0. The Balaban J connectivity index is 1.52. The molecule has 4 fully saturated rings. The Hall–Kier alpha value is -1.06. The fourth-order valence-corrected chi connectivity index (χ4v) is 5.45. The van der Waals surface area contributed by atoms with Gasteiger partial charge in [-0.2, -0.15) is 0 Å². The Morgan fingerprint density at radius 2 is 1.95 bits per heavy atom. The molecule has 0 aromatic heterocycles. The zero-order chi connectivity index (χ0) is 14.6. The molecule has 2 aliphatic carbocycles. The molecule has 2 amide bonds. The van der Waals surface area contributed by atoms with Gasteiger partial charge in [-0.05, 0) is 63.2 Å². The van der Waals surface area contributed by atoms with E-state index in [0.717, 1.165) is 37.6 Å². The topological polar surface area (TPSA) is 40.6 Å². The second-order valence-electron chi connectivity index (χ2n) is 7.64. The molecule has 2 heterocycles. The average molecular weight is 290 g/mol. The number of nitrogens with zero attached hydrogens (tertiary/aromatic N) is 2. The third kappa shape index (κ3) is 2.09. The van der Waals surface area contributed by atoms with Crippen LogP contribution in [0.4, 0.5) is 0 Å². The molecule has 2 saturated heterocycles. The van der Waals surface area contributed by atoms with Crippen LogP contribution in [0.2, 0.25) is 0 Å². The van der Waals surface area contributed by atoms with Crippen LogP contribution in [-0.4, -0.2) is 46.8 Å². The highest BCUT2D eigenvalue weighted by molar-refractivity contribution is 5.95. The van der Waals surface area contributed by atoms with Crippen LogP contribution in [0.25, 0.3) is 0 Å². The van der Waals surface area contributed by atoms with Gasteiger partial charge >= 0.3 is 0 Å². The number of piperidine rings is 1. The van der Waals surface area contributed by atoms with Crippen LogP contribution in [0.15, 0.2) is 0 Å². The van der Waals surface area contributed by atoms with Crippen LogP contribution in [0.5, 0.6) is 0 Å². The lowest BCUT2D eigenvalue weighted by Crippen LogP contribution is -2.63. The van der Waals surface area contributed by atoms with Crippen LogP contribution in [-0.2, 0) is 9.59 Å². The molecule has 0 spiro atoms. The monoisotopic (exact) mass is 290 g/mol. The largest absolute Gasteiger partial charge is 0.329 e. The third-order valence-corrected chi connectivity index (χ3v) is 6.60. The van der Waals surface area contributed by atoms with E-state index < -0.39 is 0 Å². The lowest BCUT2D eigenvalue weighted by atomic mass is 9.82. The van der Waals surface area contributed by atoms with E-state index in [1.165, 1.54) is 25.7 Å². The molecule has 0 N–H and O–H groups in total. The molecule has 2 bridgehead atoms. The molecule has 116 valence electrons. The maximum absolute atomic E-state index is 12.8. The predicted molar refractivity (Wildman–Crippen MR) is 79.5 cm³/mol. The molecule has 0 aromatic carbocycles. The highest BCUT2D eigenvalue weighted by Crippen LogP contribution is 2.50. The number of hydrogen-bond acceptors (Lipinski definition) is 2. The first-order chi connectivity index (χ1) is 10.1. The highest BCUT2D eigenvalue weighted by atomic mass is 16.2. The Morgan fingerprint density at radius 1 is 1.10 bits per heavy atom. The zero-order valence-corrected chi connectivity index (χ0v) is 13.0. The van der Waals surface area contributed by atoms with Gasteiger partial charge in [0.15, 0.2) is 0 Å². The first-order valence-corrected chi connectivity index (χ1v) is 8.75. The summed E-state index contributed by atoms with van der Waals surface area (Å²) in [6, 6.07) is 0.0990. The Bertz CT molecular complexity index is 464. The van der Waals surface area contributed by atoms with Crippen molar-refractivity contribution >= 4 is 11.8 Å². The fraction of sp³-hybridized carbons (Fsp3) is 0.882. The summed E-state index contributed by atoms with van der Waals surface area (Å²) in [6.07, 6.45) is 8.36. The van der Waals surface area contributed by atoms with Gasteiger partial charge in [-0.15, -0.1) is 0 Å². The SMILES string of the molecule is CC(C1CC2CCC1C2)N1CC(=O)N2CCCCC2C1=O. The molecule has 5 unspecified atom stereocenters. The summed E-state index contributed by atoms with van der Waals surface area (Å²) in [5, 5.41) is 0. The zero-order valence-electron chi connectivity index (χ0n) is 13.0. The summed E-state index contributed by atoms with van der Waals surface area (Å²) in [5.41, 5.74) is 0.